The molecule has 1 aromatic carbocycles. The summed E-state index contributed by atoms with van der Waals surface area (Å²) in [4.78, 5) is 0.229. The highest BCUT2D eigenvalue weighted by atomic mass is 32.2. The van der Waals surface area contributed by atoms with E-state index in [9.17, 15) is 8.42 Å². The number of benzene rings is 1. The summed E-state index contributed by atoms with van der Waals surface area (Å²) in [6.45, 7) is 4.90. The maximum absolute atomic E-state index is 11.8. The predicted octanol–water partition coefficient (Wildman–Crippen LogP) is 1.39. The Morgan fingerprint density at radius 1 is 1.29 bits per heavy atom. The summed E-state index contributed by atoms with van der Waals surface area (Å²) in [5, 5.41) is 3.10. The van der Waals surface area contributed by atoms with Crippen molar-refractivity contribution in [2.75, 3.05) is 24.1 Å². The minimum absolute atomic E-state index is 0.229. The first kappa shape index (κ1) is 13.8. The molecule has 4 N–H and O–H groups in total. The first-order chi connectivity index (χ1) is 8.01. The maximum Gasteiger partial charge on any atom is 0.240 e. The average molecular weight is 257 g/mol. The predicted molar refractivity (Wildman–Crippen MR) is 70.5 cm³/mol. The Balaban J connectivity index is 3.03. The number of nitrogen functional groups attached to an aromatic ring is 1. The maximum atomic E-state index is 11.8. The molecule has 0 aromatic heterocycles. The molecule has 0 radical (unpaired) electrons. The van der Waals surface area contributed by atoms with E-state index in [4.69, 9.17) is 5.73 Å². The second-order valence-electron chi connectivity index (χ2n) is 3.68. The van der Waals surface area contributed by atoms with E-state index in [0.717, 1.165) is 13.0 Å². The quantitative estimate of drug-likeness (QED) is 0.672. The Morgan fingerprint density at radius 3 is 2.59 bits per heavy atom. The lowest BCUT2D eigenvalue weighted by atomic mass is 10.2. The van der Waals surface area contributed by atoms with Crippen LogP contribution in [0.25, 0.3) is 0 Å². The molecular weight excluding hydrogens is 238 g/mol. The topological polar surface area (TPSA) is 84.2 Å². The minimum Gasteiger partial charge on any atom is -0.397 e. The van der Waals surface area contributed by atoms with E-state index < -0.39 is 10.0 Å². The summed E-state index contributed by atoms with van der Waals surface area (Å²) in [7, 11) is -3.42. The van der Waals surface area contributed by atoms with Crippen LogP contribution < -0.4 is 15.8 Å². The van der Waals surface area contributed by atoms with Crippen molar-refractivity contribution >= 4 is 21.4 Å². The molecule has 17 heavy (non-hydrogen) atoms. The fraction of sp³-hybridized carbons (Fsp3) is 0.455. The van der Waals surface area contributed by atoms with Gasteiger partial charge in [0.2, 0.25) is 10.0 Å². The zero-order valence-electron chi connectivity index (χ0n) is 10.2. The summed E-state index contributed by atoms with van der Waals surface area (Å²) >= 11 is 0. The summed E-state index contributed by atoms with van der Waals surface area (Å²) < 4.78 is 26.0. The van der Waals surface area contributed by atoms with E-state index in [-0.39, 0.29) is 4.90 Å². The van der Waals surface area contributed by atoms with Gasteiger partial charge < -0.3 is 11.1 Å². The number of nitrogens with one attached hydrogen (secondary N) is 2. The highest BCUT2D eigenvalue weighted by Gasteiger charge is 2.13. The van der Waals surface area contributed by atoms with Crippen LogP contribution in [0.1, 0.15) is 20.3 Å². The number of nitrogens with two attached hydrogens (primary N) is 1. The van der Waals surface area contributed by atoms with Gasteiger partial charge in [0.05, 0.1) is 16.3 Å². The SMILES string of the molecule is CCCNc1cc(S(=O)(=O)NCC)ccc1N. The molecule has 1 rings (SSSR count). The van der Waals surface area contributed by atoms with Gasteiger partial charge in [0.1, 0.15) is 0 Å². The highest BCUT2D eigenvalue weighted by molar-refractivity contribution is 7.89. The molecule has 0 unspecified atom stereocenters. The van der Waals surface area contributed by atoms with E-state index in [1.165, 1.54) is 6.07 Å². The van der Waals surface area contributed by atoms with Gasteiger partial charge in [0.15, 0.2) is 0 Å². The summed E-state index contributed by atoms with van der Waals surface area (Å²) in [5.41, 5.74) is 6.98. The van der Waals surface area contributed by atoms with E-state index in [1.54, 1.807) is 19.1 Å². The van der Waals surface area contributed by atoms with E-state index in [0.29, 0.717) is 17.9 Å². The number of hydrogen-bond donors (Lipinski definition) is 3. The molecule has 0 aliphatic heterocycles. The van der Waals surface area contributed by atoms with Crippen molar-refractivity contribution in [2.45, 2.75) is 25.2 Å². The Hall–Kier alpha value is -1.27. The van der Waals surface area contributed by atoms with Gasteiger partial charge in [-0.15, -0.1) is 0 Å². The molecule has 0 bridgehead atoms. The lowest BCUT2D eigenvalue weighted by Crippen LogP contribution is -2.23. The van der Waals surface area contributed by atoms with Gasteiger partial charge in [0.25, 0.3) is 0 Å². The second-order valence-corrected chi connectivity index (χ2v) is 5.44. The van der Waals surface area contributed by atoms with Crippen LogP contribution in [0.5, 0.6) is 0 Å². The van der Waals surface area contributed by atoms with Crippen molar-refractivity contribution in [3.05, 3.63) is 18.2 Å². The summed E-state index contributed by atoms with van der Waals surface area (Å²) in [6, 6.07) is 4.66. The third-order valence-electron chi connectivity index (χ3n) is 2.23. The standard InChI is InChI=1S/C11H19N3O2S/c1-3-7-13-11-8-9(5-6-10(11)12)17(15,16)14-4-2/h5-6,8,13-14H,3-4,7,12H2,1-2H3. The van der Waals surface area contributed by atoms with E-state index >= 15 is 0 Å². The fourth-order valence-electron chi connectivity index (χ4n) is 1.39. The van der Waals surface area contributed by atoms with E-state index in [1.807, 2.05) is 6.92 Å². The number of anilines is 2. The lowest BCUT2D eigenvalue weighted by Gasteiger charge is -2.11. The van der Waals surface area contributed by atoms with Crippen molar-refractivity contribution in [2.24, 2.45) is 0 Å². The molecule has 0 aliphatic rings. The summed E-state index contributed by atoms with van der Waals surface area (Å²) in [6.07, 6.45) is 0.948. The molecule has 96 valence electrons. The molecule has 0 saturated carbocycles. The van der Waals surface area contributed by atoms with Crippen LogP contribution in [0, 0.1) is 0 Å². The third kappa shape index (κ3) is 3.61. The van der Waals surface area contributed by atoms with Gasteiger partial charge in [0, 0.05) is 13.1 Å². The molecule has 0 fully saturated rings. The van der Waals surface area contributed by atoms with Crippen LogP contribution in [0.4, 0.5) is 11.4 Å². The monoisotopic (exact) mass is 257 g/mol. The van der Waals surface area contributed by atoms with Gasteiger partial charge >= 0.3 is 0 Å². The Labute approximate surface area is 102 Å². The molecular formula is C11H19N3O2S. The van der Waals surface area contributed by atoms with Crippen molar-refractivity contribution in [1.29, 1.82) is 0 Å². The summed E-state index contributed by atoms with van der Waals surface area (Å²) in [5.74, 6) is 0. The van der Waals surface area contributed by atoms with Crippen LogP contribution in [0.3, 0.4) is 0 Å². The fourth-order valence-corrected chi connectivity index (χ4v) is 2.46. The van der Waals surface area contributed by atoms with Gasteiger partial charge in [-0.05, 0) is 24.6 Å². The van der Waals surface area contributed by atoms with Crippen LogP contribution in [0.15, 0.2) is 23.1 Å². The zero-order chi connectivity index (χ0) is 12.9. The smallest absolute Gasteiger partial charge is 0.240 e. The third-order valence-corrected chi connectivity index (χ3v) is 3.78. The normalized spacial score (nSPS) is 11.4. The molecule has 0 heterocycles. The van der Waals surface area contributed by atoms with Gasteiger partial charge in [-0.2, -0.15) is 0 Å². The second kappa shape index (κ2) is 5.88. The number of rotatable bonds is 6. The van der Waals surface area contributed by atoms with Crippen LogP contribution in [-0.4, -0.2) is 21.5 Å². The van der Waals surface area contributed by atoms with Gasteiger partial charge in [-0.25, -0.2) is 13.1 Å². The Kier molecular flexibility index (Phi) is 4.77. The van der Waals surface area contributed by atoms with Crippen LogP contribution in [-0.2, 0) is 10.0 Å². The highest BCUT2D eigenvalue weighted by Crippen LogP contribution is 2.22. The molecule has 0 aliphatic carbocycles. The van der Waals surface area contributed by atoms with Gasteiger partial charge in [-0.3, -0.25) is 0 Å². The Bertz CT molecular complexity index is 472. The average Bonchev–Trinajstić information content (AvgIpc) is 2.27. The lowest BCUT2D eigenvalue weighted by molar-refractivity contribution is 0.584. The van der Waals surface area contributed by atoms with Crippen LogP contribution in [0.2, 0.25) is 0 Å². The molecule has 0 spiro atoms. The van der Waals surface area contributed by atoms with Crippen molar-refractivity contribution < 1.29 is 8.42 Å². The van der Waals surface area contributed by atoms with Crippen molar-refractivity contribution in [3.63, 3.8) is 0 Å². The van der Waals surface area contributed by atoms with Gasteiger partial charge in [-0.1, -0.05) is 13.8 Å². The number of hydrogen-bond acceptors (Lipinski definition) is 4. The molecule has 5 nitrogen and oxygen atoms in total. The molecule has 1 aromatic rings. The van der Waals surface area contributed by atoms with Crippen molar-refractivity contribution in [1.82, 2.24) is 4.72 Å². The Morgan fingerprint density at radius 2 is 2.00 bits per heavy atom. The molecule has 0 saturated heterocycles. The molecule has 0 atom stereocenters. The van der Waals surface area contributed by atoms with Crippen LogP contribution >= 0.6 is 0 Å². The van der Waals surface area contributed by atoms with Crippen molar-refractivity contribution in [3.8, 4) is 0 Å². The number of sulfonamides is 1. The first-order valence-corrected chi connectivity index (χ1v) is 7.12. The first-order valence-electron chi connectivity index (χ1n) is 5.64. The largest absolute Gasteiger partial charge is 0.397 e. The molecule has 0 amide bonds. The minimum atomic E-state index is -3.42. The van der Waals surface area contributed by atoms with E-state index in [2.05, 4.69) is 10.0 Å². The zero-order valence-corrected chi connectivity index (χ0v) is 11.0. The molecule has 6 heteroatoms.